The van der Waals surface area contributed by atoms with Gasteiger partial charge in [-0.3, -0.25) is 0 Å². The molecule has 1 fully saturated rings. The quantitative estimate of drug-likeness (QED) is 0.619. The molecule has 0 bridgehead atoms. The SMILES string of the molecule is C=CC(N)C1CCCO1.Cl. The van der Waals surface area contributed by atoms with E-state index in [0.29, 0.717) is 0 Å². The van der Waals surface area contributed by atoms with E-state index in [2.05, 4.69) is 6.58 Å². The Morgan fingerprint density at radius 1 is 1.70 bits per heavy atom. The van der Waals surface area contributed by atoms with Crippen molar-refractivity contribution in [2.75, 3.05) is 6.61 Å². The lowest BCUT2D eigenvalue weighted by molar-refractivity contribution is 0.101. The van der Waals surface area contributed by atoms with Gasteiger partial charge < -0.3 is 10.5 Å². The number of ether oxygens (including phenoxy) is 1. The van der Waals surface area contributed by atoms with E-state index in [-0.39, 0.29) is 24.6 Å². The molecule has 2 unspecified atom stereocenters. The Morgan fingerprint density at radius 3 is 2.80 bits per heavy atom. The van der Waals surface area contributed by atoms with Gasteiger partial charge in [0.05, 0.1) is 6.10 Å². The minimum Gasteiger partial charge on any atom is -0.376 e. The number of hydrogen-bond donors (Lipinski definition) is 1. The summed E-state index contributed by atoms with van der Waals surface area (Å²) in [6.07, 6.45) is 4.22. The predicted molar refractivity (Wildman–Crippen MR) is 44.4 cm³/mol. The molecular weight excluding hydrogens is 150 g/mol. The Hall–Kier alpha value is -0.0500. The van der Waals surface area contributed by atoms with Crippen LogP contribution in [0.3, 0.4) is 0 Å². The first kappa shape index (κ1) is 9.95. The van der Waals surface area contributed by atoms with Crippen LogP contribution in [0.4, 0.5) is 0 Å². The number of halogens is 1. The number of rotatable bonds is 2. The molecule has 0 spiro atoms. The van der Waals surface area contributed by atoms with Gasteiger partial charge in [-0.1, -0.05) is 6.08 Å². The second-order valence-electron chi connectivity index (χ2n) is 2.36. The monoisotopic (exact) mass is 163 g/mol. The van der Waals surface area contributed by atoms with Crippen LogP contribution in [0.5, 0.6) is 0 Å². The van der Waals surface area contributed by atoms with Gasteiger partial charge in [0, 0.05) is 12.6 Å². The summed E-state index contributed by atoms with van der Waals surface area (Å²) in [4.78, 5) is 0. The van der Waals surface area contributed by atoms with Gasteiger partial charge in [0.15, 0.2) is 0 Å². The Labute approximate surface area is 67.8 Å². The second-order valence-corrected chi connectivity index (χ2v) is 2.36. The lowest BCUT2D eigenvalue weighted by atomic mass is 10.1. The van der Waals surface area contributed by atoms with Crippen LogP contribution in [0, 0.1) is 0 Å². The third-order valence-corrected chi connectivity index (χ3v) is 1.67. The van der Waals surface area contributed by atoms with Crippen molar-refractivity contribution in [3.8, 4) is 0 Å². The van der Waals surface area contributed by atoms with Gasteiger partial charge in [0.25, 0.3) is 0 Å². The van der Waals surface area contributed by atoms with Crippen molar-refractivity contribution < 1.29 is 4.74 Å². The summed E-state index contributed by atoms with van der Waals surface area (Å²) >= 11 is 0. The minimum atomic E-state index is 0. The maximum Gasteiger partial charge on any atom is 0.0762 e. The molecule has 1 aliphatic heterocycles. The van der Waals surface area contributed by atoms with E-state index in [1.807, 2.05) is 0 Å². The Balaban J connectivity index is 0.000000810. The maximum absolute atomic E-state index is 5.64. The summed E-state index contributed by atoms with van der Waals surface area (Å²) in [5, 5.41) is 0. The normalized spacial score (nSPS) is 27.1. The molecular formula is C7H14ClNO. The van der Waals surface area contributed by atoms with Crippen LogP contribution in [-0.2, 0) is 4.74 Å². The average molecular weight is 164 g/mol. The summed E-state index contributed by atoms with van der Waals surface area (Å²) in [5.74, 6) is 0. The molecule has 60 valence electrons. The molecule has 0 aromatic carbocycles. The van der Waals surface area contributed by atoms with E-state index in [1.165, 1.54) is 0 Å². The summed E-state index contributed by atoms with van der Waals surface area (Å²) in [5.41, 5.74) is 5.64. The molecule has 3 heteroatoms. The van der Waals surface area contributed by atoms with Gasteiger partial charge in [-0.2, -0.15) is 0 Å². The van der Waals surface area contributed by atoms with Crippen LogP contribution >= 0.6 is 12.4 Å². The van der Waals surface area contributed by atoms with Crippen molar-refractivity contribution in [1.82, 2.24) is 0 Å². The Bertz CT molecular complexity index is 102. The van der Waals surface area contributed by atoms with Crippen LogP contribution < -0.4 is 5.73 Å². The van der Waals surface area contributed by atoms with Crippen molar-refractivity contribution in [1.29, 1.82) is 0 Å². The molecule has 1 rings (SSSR count). The molecule has 2 nitrogen and oxygen atoms in total. The number of nitrogens with two attached hydrogens (primary N) is 1. The molecule has 0 aromatic heterocycles. The third-order valence-electron chi connectivity index (χ3n) is 1.67. The van der Waals surface area contributed by atoms with Crippen LogP contribution in [-0.4, -0.2) is 18.8 Å². The fourth-order valence-electron chi connectivity index (χ4n) is 1.06. The third kappa shape index (κ3) is 2.29. The zero-order valence-electron chi connectivity index (χ0n) is 5.95. The van der Waals surface area contributed by atoms with Gasteiger partial charge in [-0.25, -0.2) is 0 Å². The van der Waals surface area contributed by atoms with Crippen molar-refractivity contribution in [2.45, 2.75) is 25.0 Å². The first-order valence-corrected chi connectivity index (χ1v) is 3.34. The van der Waals surface area contributed by atoms with Gasteiger partial charge >= 0.3 is 0 Å². The highest BCUT2D eigenvalue weighted by atomic mass is 35.5. The van der Waals surface area contributed by atoms with Crippen molar-refractivity contribution in [2.24, 2.45) is 5.73 Å². The van der Waals surface area contributed by atoms with Crippen LogP contribution in [0.2, 0.25) is 0 Å². The molecule has 0 saturated carbocycles. The van der Waals surface area contributed by atoms with Crippen molar-refractivity contribution in [3.05, 3.63) is 12.7 Å². The zero-order chi connectivity index (χ0) is 6.69. The molecule has 2 N–H and O–H groups in total. The van der Waals surface area contributed by atoms with Crippen molar-refractivity contribution >= 4 is 12.4 Å². The molecule has 1 saturated heterocycles. The fraction of sp³-hybridized carbons (Fsp3) is 0.714. The highest BCUT2D eigenvalue weighted by Gasteiger charge is 2.19. The standard InChI is InChI=1S/C7H13NO.ClH/c1-2-6(8)7-4-3-5-9-7;/h2,6-7H,1,3-5,8H2;1H. The lowest BCUT2D eigenvalue weighted by Gasteiger charge is -2.12. The molecule has 0 radical (unpaired) electrons. The topological polar surface area (TPSA) is 35.2 Å². The van der Waals surface area contributed by atoms with Gasteiger partial charge in [0.1, 0.15) is 0 Å². The molecule has 0 aromatic rings. The summed E-state index contributed by atoms with van der Waals surface area (Å²) in [6.45, 7) is 4.47. The van der Waals surface area contributed by atoms with Crippen LogP contribution in [0.25, 0.3) is 0 Å². The van der Waals surface area contributed by atoms with E-state index in [4.69, 9.17) is 10.5 Å². The van der Waals surface area contributed by atoms with E-state index in [9.17, 15) is 0 Å². The predicted octanol–water partition coefficient (Wildman–Crippen LogP) is 1.10. The summed E-state index contributed by atoms with van der Waals surface area (Å²) in [6, 6.07) is 0.0347. The molecule has 1 aliphatic rings. The first-order valence-electron chi connectivity index (χ1n) is 3.34. The molecule has 2 atom stereocenters. The van der Waals surface area contributed by atoms with E-state index in [0.717, 1.165) is 19.4 Å². The van der Waals surface area contributed by atoms with Crippen LogP contribution in [0.15, 0.2) is 12.7 Å². The van der Waals surface area contributed by atoms with Crippen LogP contribution in [0.1, 0.15) is 12.8 Å². The van der Waals surface area contributed by atoms with E-state index < -0.39 is 0 Å². The summed E-state index contributed by atoms with van der Waals surface area (Å²) in [7, 11) is 0. The van der Waals surface area contributed by atoms with Crippen molar-refractivity contribution in [3.63, 3.8) is 0 Å². The Morgan fingerprint density at radius 2 is 2.40 bits per heavy atom. The number of hydrogen-bond acceptors (Lipinski definition) is 2. The molecule has 0 amide bonds. The minimum absolute atomic E-state index is 0. The summed E-state index contributed by atoms with van der Waals surface area (Å²) < 4.78 is 5.31. The van der Waals surface area contributed by atoms with E-state index in [1.54, 1.807) is 6.08 Å². The maximum atomic E-state index is 5.64. The van der Waals surface area contributed by atoms with Gasteiger partial charge in [0.2, 0.25) is 0 Å². The lowest BCUT2D eigenvalue weighted by Crippen LogP contribution is -2.31. The van der Waals surface area contributed by atoms with Gasteiger partial charge in [-0.05, 0) is 12.8 Å². The molecule has 10 heavy (non-hydrogen) atoms. The molecule has 0 aliphatic carbocycles. The van der Waals surface area contributed by atoms with Gasteiger partial charge in [-0.15, -0.1) is 19.0 Å². The first-order chi connectivity index (χ1) is 4.34. The Kier molecular flexibility index (Phi) is 4.69. The highest BCUT2D eigenvalue weighted by Crippen LogP contribution is 2.14. The van der Waals surface area contributed by atoms with E-state index >= 15 is 0 Å². The zero-order valence-corrected chi connectivity index (χ0v) is 6.77. The highest BCUT2D eigenvalue weighted by molar-refractivity contribution is 5.85. The second kappa shape index (κ2) is 4.72. The average Bonchev–Trinajstić information content (AvgIpc) is 2.37. The fourth-order valence-corrected chi connectivity index (χ4v) is 1.06. The smallest absolute Gasteiger partial charge is 0.0762 e. The molecule has 1 heterocycles. The largest absolute Gasteiger partial charge is 0.376 e.